The average molecular weight is 195 g/mol. The molecule has 0 radical (unpaired) electrons. The lowest BCUT2D eigenvalue weighted by Gasteiger charge is -2.02. The van der Waals surface area contributed by atoms with Crippen LogP contribution in [0.4, 0.5) is 5.69 Å². The predicted octanol–water partition coefficient (Wildman–Crippen LogP) is 2.00. The Hall–Kier alpha value is -1.78. The number of ether oxygens (including phenoxy) is 1. The van der Waals surface area contributed by atoms with Gasteiger partial charge in [-0.2, -0.15) is 4.86 Å². The van der Waals surface area contributed by atoms with Crippen molar-refractivity contribution in [2.75, 3.05) is 19.1 Å². The van der Waals surface area contributed by atoms with Crippen molar-refractivity contribution in [3.05, 3.63) is 29.5 Å². The SMILES string of the molecule is CC[N+]([O-])=NNc1ccc(OC)cc1. The van der Waals surface area contributed by atoms with Gasteiger partial charge in [-0.05, 0) is 31.2 Å². The highest BCUT2D eigenvalue weighted by Gasteiger charge is 1.96. The van der Waals surface area contributed by atoms with E-state index in [1.165, 1.54) is 0 Å². The molecule has 0 fully saturated rings. The van der Waals surface area contributed by atoms with E-state index in [2.05, 4.69) is 10.6 Å². The van der Waals surface area contributed by atoms with Crippen LogP contribution >= 0.6 is 0 Å². The number of hydroxylamine groups is 1. The van der Waals surface area contributed by atoms with Crippen LogP contribution in [0.1, 0.15) is 6.92 Å². The molecule has 0 bridgehead atoms. The molecule has 1 N–H and O–H groups in total. The van der Waals surface area contributed by atoms with Gasteiger partial charge in [-0.1, -0.05) is 0 Å². The third-order valence-corrected chi connectivity index (χ3v) is 1.65. The van der Waals surface area contributed by atoms with Crippen LogP contribution in [0, 0.1) is 5.21 Å². The molecule has 5 heteroatoms. The van der Waals surface area contributed by atoms with Crippen LogP contribution in [0.25, 0.3) is 0 Å². The molecule has 0 aromatic heterocycles. The summed E-state index contributed by atoms with van der Waals surface area (Å²) < 4.78 is 4.99. The predicted molar refractivity (Wildman–Crippen MR) is 53.2 cm³/mol. The Labute approximate surface area is 82.6 Å². The molecule has 0 heterocycles. The fourth-order valence-corrected chi connectivity index (χ4v) is 0.850. The zero-order chi connectivity index (χ0) is 10.4. The van der Waals surface area contributed by atoms with Gasteiger partial charge in [-0.15, -0.1) is 5.43 Å². The van der Waals surface area contributed by atoms with Crippen molar-refractivity contribution >= 4 is 5.69 Å². The van der Waals surface area contributed by atoms with Gasteiger partial charge >= 0.3 is 0 Å². The highest BCUT2D eigenvalue weighted by molar-refractivity contribution is 5.45. The van der Waals surface area contributed by atoms with E-state index in [-0.39, 0.29) is 0 Å². The smallest absolute Gasteiger partial charge is 0.147 e. The highest BCUT2D eigenvalue weighted by Crippen LogP contribution is 2.14. The molecule has 1 rings (SSSR count). The third-order valence-electron chi connectivity index (χ3n) is 1.65. The summed E-state index contributed by atoms with van der Waals surface area (Å²) in [5.41, 5.74) is 3.38. The van der Waals surface area contributed by atoms with Gasteiger partial charge in [0.15, 0.2) is 0 Å². The van der Waals surface area contributed by atoms with Crippen LogP contribution in [-0.2, 0) is 0 Å². The second-order valence-corrected chi connectivity index (χ2v) is 2.61. The maximum atomic E-state index is 10.8. The van der Waals surface area contributed by atoms with Gasteiger partial charge in [-0.25, -0.2) is 0 Å². The molecular formula is C9H13N3O2. The van der Waals surface area contributed by atoms with Crippen LogP contribution in [0.2, 0.25) is 0 Å². The molecule has 0 aliphatic heterocycles. The Morgan fingerprint density at radius 3 is 2.57 bits per heavy atom. The summed E-state index contributed by atoms with van der Waals surface area (Å²) in [5.74, 6) is 0.769. The Morgan fingerprint density at radius 2 is 2.07 bits per heavy atom. The van der Waals surface area contributed by atoms with Crippen molar-refractivity contribution in [1.29, 1.82) is 0 Å². The van der Waals surface area contributed by atoms with E-state index in [0.29, 0.717) is 11.4 Å². The van der Waals surface area contributed by atoms with Crippen molar-refractivity contribution in [3.63, 3.8) is 0 Å². The number of rotatable bonds is 4. The summed E-state index contributed by atoms with van der Waals surface area (Å²) in [7, 11) is 1.60. The standard InChI is InChI=1S/C9H13N3O2/c1-3-12(13)11-10-8-4-6-9(14-2)7-5-8/h4-7,10H,3H2,1-2H3. The van der Waals surface area contributed by atoms with Crippen LogP contribution in [0.15, 0.2) is 29.5 Å². The lowest BCUT2D eigenvalue weighted by Crippen LogP contribution is -2.02. The van der Waals surface area contributed by atoms with E-state index in [1.54, 1.807) is 38.3 Å². The van der Waals surface area contributed by atoms with Gasteiger partial charge in [-0.3, -0.25) is 0 Å². The lowest BCUT2D eigenvalue weighted by atomic mass is 10.3. The molecule has 76 valence electrons. The number of nitrogens with one attached hydrogen (secondary N) is 1. The monoisotopic (exact) mass is 195 g/mol. The van der Waals surface area contributed by atoms with E-state index < -0.39 is 0 Å². The maximum absolute atomic E-state index is 10.8. The van der Waals surface area contributed by atoms with E-state index in [9.17, 15) is 5.21 Å². The molecule has 1 aromatic carbocycles. The van der Waals surface area contributed by atoms with Gasteiger partial charge in [0.25, 0.3) is 0 Å². The van der Waals surface area contributed by atoms with E-state index in [1.807, 2.05) is 0 Å². The minimum Gasteiger partial charge on any atom is -0.696 e. The van der Waals surface area contributed by atoms with Gasteiger partial charge in [0.05, 0.1) is 12.3 Å². The zero-order valence-corrected chi connectivity index (χ0v) is 8.23. The Balaban J connectivity index is 2.60. The summed E-state index contributed by atoms with van der Waals surface area (Å²) >= 11 is 0. The minimum atomic E-state index is 0.323. The quantitative estimate of drug-likeness (QED) is 0.454. The number of methoxy groups -OCH3 is 1. The first-order chi connectivity index (χ1) is 6.76. The molecule has 0 amide bonds. The first-order valence-corrected chi connectivity index (χ1v) is 4.31. The summed E-state index contributed by atoms with van der Waals surface area (Å²) in [6.07, 6.45) is 0. The molecule has 0 aliphatic carbocycles. The van der Waals surface area contributed by atoms with Crippen LogP contribution in [0.5, 0.6) is 5.75 Å². The van der Waals surface area contributed by atoms with Gasteiger partial charge in [0.1, 0.15) is 18.0 Å². The van der Waals surface area contributed by atoms with Crippen molar-refractivity contribution in [1.82, 2.24) is 0 Å². The molecule has 0 aliphatic rings. The molecule has 1 aromatic rings. The van der Waals surface area contributed by atoms with Crippen LogP contribution in [-0.4, -0.2) is 18.5 Å². The Morgan fingerprint density at radius 1 is 1.43 bits per heavy atom. The number of hydrogen-bond acceptors (Lipinski definition) is 3. The maximum Gasteiger partial charge on any atom is 0.147 e. The van der Waals surface area contributed by atoms with E-state index in [0.717, 1.165) is 11.4 Å². The van der Waals surface area contributed by atoms with Crippen molar-refractivity contribution < 1.29 is 9.60 Å². The number of nitrogens with zero attached hydrogens (tertiary/aromatic N) is 2. The molecule has 0 atom stereocenters. The van der Waals surface area contributed by atoms with Crippen LogP contribution < -0.4 is 10.2 Å². The summed E-state index contributed by atoms with van der Waals surface area (Å²) in [6, 6.07) is 7.15. The van der Waals surface area contributed by atoms with E-state index >= 15 is 0 Å². The normalized spacial score (nSPS) is 11.1. The second-order valence-electron chi connectivity index (χ2n) is 2.61. The molecule has 5 nitrogen and oxygen atoms in total. The number of anilines is 1. The Kier molecular flexibility index (Phi) is 3.72. The summed E-state index contributed by atoms with van der Waals surface area (Å²) in [4.78, 5) is 0.574. The van der Waals surface area contributed by atoms with Crippen molar-refractivity contribution in [2.45, 2.75) is 6.92 Å². The first kappa shape index (κ1) is 10.3. The summed E-state index contributed by atoms with van der Waals surface area (Å²) in [5, 5.41) is 14.3. The highest BCUT2D eigenvalue weighted by atomic mass is 16.5. The molecule has 0 unspecified atom stereocenters. The topological polar surface area (TPSA) is 59.7 Å². The van der Waals surface area contributed by atoms with Gasteiger partial charge in [0.2, 0.25) is 0 Å². The van der Waals surface area contributed by atoms with Gasteiger partial charge < -0.3 is 9.94 Å². The molecule has 0 saturated carbocycles. The minimum absolute atomic E-state index is 0.323. The fraction of sp³-hybridized carbons (Fsp3) is 0.333. The van der Waals surface area contributed by atoms with Gasteiger partial charge in [0, 0.05) is 0 Å². The van der Waals surface area contributed by atoms with Crippen molar-refractivity contribution in [3.8, 4) is 5.75 Å². The molecule has 14 heavy (non-hydrogen) atoms. The number of hydrogen-bond donors (Lipinski definition) is 1. The zero-order valence-electron chi connectivity index (χ0n) is 8.23. The number of benzene rings is 1. The third kappa shape index (κ3) is 2.93. The molecular weight excluding hydrogens is 182 g/mol. The Bertz CT molecular complexity index is 308. The van der Waals surface area contributed by atoms with Crippen LogP contribution in [0.3, 0.4) is 0 Å². The largest absolute Gasteiger partial charge is 0.696 e. The second kappa shape index (κ2) is 5.06. The van der Waals surface area contributed by atoms with Crippen molar-refractivity contribution in [2.24, 2.45) is 5.22 Å². The average Bonchev–Trinajstić information content (AvgIpc) is 2.26. The lowest BCUT2D eigenvalue weighted by molar-refractivity contribution is -0.524. The van der Waals surface area contributed by atoms with E-state index in [4.69, 9.17) is 4.74 Å². The molecule has 0 saturated heterocycles. The summed E-state index contributed by atoms with van der Waals surface area (Å²) in [6.45, 7) is 2.05. The first-order valence-electron chi connectivity index (χ1n) is 4.31. The molecule has 0 spiro atoms. The fourth-order valence-electron chi connectivity index (χ4n) is 0.850.